The fourth-order valence-corrected chi connectivity index (χ4v) is 3.86. The van der Waals surface area contributed by atoms with Gasteiger partial charge in [0.05, 0.1) is 17.6 Å². The number of fused-ring (bicyclic) bond motifs is 1. The zero-order valence-electron chi connectivity index (χ0n) is 15.7. The van der Waals surface area contributed by atoms with Gasteiger partial charge in [-0.15, -0.1) is 0 Å². The Hall–Kier alpha value is -2.37. The Balaban J connectivity index is 1.66. The van der Waals surface area contributed by atoms with Crippen LogP contribution in [-0.4, -0.2) is 60.0 Å². The largest absolute Gasteiger partial charge is 0.354 e. The number of anilines is 2. The van der Waals surface area contributed by atoms with E-state index >= 15 is 0 Å². The van der Waals surface area contributed by atoms with Crippen molar-refractivity contribution >= 4 is 28.6 Å². The third-order valence-corrected chi connectivity index (χ3v) is 5.14. The number of nitrogens with zero attached hydrogens (tertiary/aromatic N) is 5. The van der Waals surface area contributed by atoms with Crippen molar-refractivity contribution in [2.45, 2.75) is 26.7 Å². The normalized spacial score (nSPS) is 18.4. The molecule has 0 spiro atoms. The molecule has 26 heavy (non-hydrogen) atoms. The van der Waals surface area contributed by atoms with Crippen LogP contribution in [0.2, 0.25) is 0 Å². The van der Waals surface area contributed by atoms with Crippen LogP contribution in [0, 0.1) is 5.92 Å². The topological polar surface area (TPSA) is 52.6 Å². The summed E-state index contributed by atoms with van der Waals surface area (Å²) in [5.74, 6) is 2.48. The molecule has 4 rings (SSSR count). The van der Waals surface area contributed by atoms with Crippen molar-refractivity contribution in [3.63, 3.8) is 0 Å². The van der Waals surface area contributed by atoms with Gasteiger partial charge in [-0.3, -0.25) is 4.79 Å². The molecule has 138 valence electrons. The Morgan fingerprint density at radius 3 is 2.12 bits per heavy atom. The fourth-order valence-electron chi connectivity index (χ4n) is 3.86. The molecule has 0 saturated carbocycles. The summed E-state index contributed by atoms with van der Waals surface area (Å²) in [6, 6.07) is 7.99. The SMILES string of the molecule is CC(C)CN1CCN(c2nc3ccccc3nc2N2CCCC2)CC1=O. The number of hydrogen-bond donors (Lipinski definition) is 0. The maximum Gasteiger partial charge on any atom is 0.242 e. The van der Waals surface area contributed by atoms with Gasteiger partial charge in [0.15, 0.2) is 11.6 Å². The number of benzene rings is 1. The van der Waals surface area contributed by atoms with Gasteiger partial charge in [0.2, 0.25) is 5.91 Å². The van der Waals surface area contributed by atoms with Gasteiger partial charge in [-0.05, 0) is 30.9 Å². The van der Waals surface area contributed by atoms with E-state index in [-0.39, 0.29) is 5.91 Å². The number of rotatable bonds is 4. The average molecular weight is 353 g/mol. The number of carbonyl (C=O) groups is 1. The van der Waals surface area contributed by atoms with Crippen LogP contribution in [0.15, 0.2) is 24.3 Å². The molecule has 0 unspecified atom stereocenters. The Labute approximate surface area is 154 Å². The van der Waals surface area contributed by atoms with Crippen LogP contribution in [0.1, 0.15) is 26.7 Å². The van der Waals surface area contributed by atoms with E-state index in [0.717, 1.165) is 55.4 Å². The quantitative estimate of drug-likeness (QED) is 0.845. The minimum atomic E-state index is 0.187. The van der Waals surface area contributed by atoms with E-state index in [1.54, 1.807) is 0 Å². The predicted molar refractivity (Wildman–Crippen MR) is 105 cm³/mol. The first kappa shape index (κ1) is 17.1. The molecule has 1 aromatic heterocycles. The summed E-state index contributed by atoms with van der Waals surface area (Å²) in [5, 5.41) is 0. The van der Waals surface area contributed by atoms with E-state index in [1.165, 1.54) is 12.8 Å². The number of piperazine rings is 1. The van der Waals surface area contributed by atoms with Crippen molar-refractivity contribution in [3.8, 4) is 0 Å². The third-order valence-electron chi connectivity index (χ3n) is 5.14. The lowest BCUT2D eigenvalue weighted by molar-refractivity contribution is -0.131. The highest BCUT2D eigenvalue weighted by Crippen LogP contribution is 2.31. The number of hydrogen-bond acceptors (Lipinski definition) is 5. The van der Waals surface area contributed by atoms with E-state index < -0.39 is 0 Å². The van der Waals surface area contributed by atoms with Crippen LogP contribution in [0.5, 0.6) is 0 Å². The molecule has 0 radical (unpaired) electrons. The Kier molecular flexibility index (Phi) is 4.66. The van der Waals surface area contributed by atoms with Gasteiger partial charge in [0.1, 0.15) is 0 Å². The molecule has 2 saturated heterocycles. The predicted octanol–water partition coefficient (Wildman–Crippen LogP) is 2.53. The maximum atomic E-state index is 12.6. The van der Waals surface area contributed by atoms with Gasteiger partial charge in [-0.1, -0.05) is 26.0 Å². The highest BCUT2D eigenvalue weighted by molar-refractivity contribution is 5.86. The summed E-state index contributed by atoms with van der Waals surface area (Å²) in [5.41, 5.74) is 1.81. The summed E-state index contributed by atoms with van der Waals surface area (Å²) >= 11 is 0. The minimum absolute atomic E-state index is 0.187. The highest BCUT2D eigenvalue weighted by Gasteiger charge is 2.29. The second kappa shape index (κ2) is 7.09. The monoisotopic (exact) mass is 353 g/mol. The number of aromatic nitrogens is 2. The standard InChI is InChI=1S/C20H27N5O/c1-15(2)13-24-11-12-25(14-18(24)26)20-19(23-9-5-6-10-23)21-16-7-3-4-8-17(16)22-20/h3-4,7-8,15H,5-6,9-14H2,1-2H3. The summed E-state index contributed by atoms with van der Waals surface area (Å²) < 4.78 is 0. The van der Waals surface area contributed by atoms with E-state index in [4.69, 9.17) is 9.97 Å². The molecule has 2 aliphatic heterocycles. The van der Waals surface area contributed by atoms with Crippen LogP contribution in [0.25, 0.3) is 11.0 Å². The molecule has 0 aliphatic carbocycles. The van der Waals surface area contributed by atoms with Crippen molar-refractivity contribution in [2.24, 2.45) is 5.92 Å². The number of carbonyl (C=O) groups excluding carboxylic acids is 1. The van der Waals surface area contributed by atoms with Gasteiger partial charge in [0, 0.05) is 32.7 Å². The average Bonchev–Trinajstić information content (AvgIpc) is 3.16. The molecule has 0 atom stereocenters. The Morgan fingerprint density at radius 2 is 1.54 bits per heavy atom. The summed E-state index contributed by atoms with van der Waals surface area (Å²) in [6.07, 6.45) is 2.38. The number of para-hydroxylation sites is 2. The molecule has 3 heterocycles. The van der Waals surface area contributed by atoms with Crippen molar-refractivity contribution in [1.82, 2.24) is 14.9 Å². The van der Waals surface area contributed by atoms with Gasteiger partial charge in [0.25, 0.3) is 0 Å². The van der Waals surface area contributed by atoms with Crippen molar-refractivity contribution in [2.75, 3.05) is 49.1 Å². The van der Waals surface area contributed by atoms with Gasteiger partial charge in [-0.2, -0.15) is 0 Å². The highest BCUT2D eigenvalue weighted by atomic mass is 16.2. The van der Waals surface area contributed by atoms with Gasteiger partial charge < -0.3 is 14.7 Å². The molecule has 1 aromatic carbocycles. The molecule has 2 fully saturated rings. The lowest BCUT2D eigenvalue weighted by atomic mass is 10.2. The minimum Gasteiger partial charge on any atom is -0.354 e. The summed E-state index contributed by atoms with van der Waals surface area (Å²) in [4.78, 5) is 28.9. The van der Waals surface area contributed by atoms with Crippen molar-refractivity contribution in [1.29, 1.82) is 0 Å². The second-order valence-electron chi connectivity index (χ2n) is 7.71. The molecule has 0 N–H and O–H groups in total. The number of amides is 1. The Morgan fingerprint density at radius 1 is 0.923 bits per heavy atom. The fraction of sp³-hybridized carbons (Fsp3) is 0.550. The molecule has 2 aliphatic rings. The second-order valence-corrected chi connectivity index (χ2v) is 7.71. The zero-order chi connectivity index (χ0) is 18.1. The molecule has 2 aromatic rings. The molecular weight excluding hydrogens is 326 g/mol. The zero-order valence-corrected chi connectivity index (χ0v) is 15.7. The maximum absolute atomic E-state index is 12.6. The van der Waals surface area contributed by atoms with Crippen molar-refractivity contribution in [3.05, 3.63) is 24.3 Å². The first-order valence-electron chi connectivity index (χ1n) is 9.66. The molecular formula is C20H27N5O. The van der Waals surface area contributed by atoms with Gasteiger partial charge >= 0.3 is 0 Å². The first-order valence-corrected chi connectivity index (χ1v) is 9.66. The lowest BCUT2D eigenvalue weighted by Gasteiger charge is -2.37. The van der Waals surface area contributed by atoms with E-state index in [2.05, 4.69) is 23.6 Å². The van der Waals surface area contributed by atoms with Crippen LogP contribution >= 0.6 is 0 Å². The van der Waals surface area contributed by atoms with Crippen LogP contribution in [-0.2, 0) is 4.79 Å². The van der Waals surface area contributed by atoms with E-state index in [1.807, 2.05) is 29.2 Å². The molecule has 6 heteroatoms. The van der Waals surface area contributed by atoms with E-state index in [9.17, 15) is 4.79 Å². The summed E-state index contributed by atoms with van der Waals surface area (Å²) in [6.45, 7) is 9.12. The van der Waals surface area contributed by atoms with Crippen molar-refractivity contribution < 1.29 is 4.79 Å². The first-order chi connectivity index (χ1) is 12.6. The smallest absolute Gasteiger partial charge is 0.242 e. The summed E-state index contributed by atoms with van der Waals surface area (Å²) in [7, 11) is 0. The van der Waals surface area contributed by atoms with Gasteiger partial charge in [-0.25, -0.2) is 9.97 Å². The van der Waals surface area contributed by atoms with Crippen LogP contribution in [0.3, 0.4) is 0 Å². The van der Waals surface area contributed by atoms with Crippen LogP contribution < -0.4 is 9.80 Å². The Bertz CT molecular complexity index is 800. The molecule has 1 amide bonds. The third kappa shape index (κ3) is 3.32. The molecule has 6 nitrogen and oxygen atoms in total. The van der Waals surface area contributed by atoms with Crippen LogP contribution in [0.4, 0.5) is 11.6 Å². The lowest BCUT2D eigenvalue weighted by Crippen LogP contribution is -2.52. The van der Waals surface area contributed by atoms with E-state index in [0.29, 0.717) is 12.5 Å². The molecule has 0 bridgehead atoms.